The quantitative estimate of drug-likeness (QED) is 0.869. The van der Waals surface area contributed by atoms with Crippen LogP contribution in [0.1, 0.15) is 57.7 Å². The zero-order chi connectivity index (χ0) is 14.5. The molecular formula is C16H27N3O. The van der Waals surface area contributed by atoms with Gasteiger partial charge in [0.15, 0.2) is 0 Å². The van der Waals surface area contributed by atoms with E-state index in [9.17, 15) is 4.79 Å². The second kappa shape index (κ2) is 7.02. The van der Waals surface area contributed by atoms with Crippen LogP contribution in [0, 0.1) is 11.8 Å². The fourth-order valence-corrected chi connectivity index (χ4v) is 3.13. The summed E-state index contributed by atoms with van der Waals surface area (Å²) in [5.74, 6) is 0.866. The van der Waals surface area contributed by atoms with Crippen molar-refractivity contribution in [2.75, 3.05) is 6.54 Å². The number of hydrogen-bond donors (Lipinski definition) is 1. The smallest absolute Gasteiger partial charge is 0.142 e. The lowest BCUT2D eigenvalue weighted by atomic mass is 9.76. The molecule has 4 nitrogen and oxygen atoms in total. The summed E-state index contributed by atoms with van der Waals surface area (Å²) >= 11 is 0. The number of hydrogen-bond acceptors (Lipinski definition) is 3. The van der Waals surface area contributed by atoms with E-state index in [0.717, 1.165) is 31.4 Å². The molecule has 4 heteroatoms. The van der Waals surface area contributed by atoms with Crippen molar-refractivity contribution in [3.63, 3.8) is 0 Å². The molecule has 1 aromatic rings. The molecule has 2 N–H and O–H groups in total. The maximum absolute atomic E-state index is 12.5. The lowest BCUT2D eigenvalue weighted by Gasteiger charge is -2.29. The lowest BCUT2D eigenvalue weighted by Crippen LogP contribution is -2.33. The van der Waals surface area contributed by atoms with Crippen molar-refractivity contribution in [3.8, 4) is 0 Å². The molecule has 0 amide bonds. The van der Waals surface area contributed by atoms with Gasteiger partial charge >= 0.3 is 0 Å². The van der Waals surface area contributed by atoms with E-state index in [1.54, 1.807) is 0 Å². The SMILES string of the molecule is CCC(C)n1ccc(CC(=O)C2CCCCC2CN)n1. The fraction of sp³-hybridized carbons (Fsp3) is 0.750. The zero-order valence-corrected chi connectivity index (χ0v) is 12.7. The maximum atomic E-state index is 12.5. The Labute approximate surface area is 121 Å². The van der Waals surface area contributed by atoms with Gasteiger partial charge in [-0.2, -0.15) is 5.10 Å². The third kappa shape index (κ3) is 3.48. The molecule has 1 heterocycles. The number of rotatable bonds is 6. The highest BCUT2D eigenvalue weighted by Crippen LogP contribution is 2.30. The van der Waals surface area contributed by atoms with Gasteiger partial charge < -0.3 is 5.73 Å². The molecule has 0 aliphatic heterocycles. The Bertz CT molecular complexity index is 441. The Hall–Kier alpha value is -1.16. The van der Waals surface area contributed by atoms with Gasteiger partial charge in [-0.05, 0) is 44.7 Å². The summed E-state index contributed by atoms with van der Waals surface area (Å²) in [5, 5.41) is 4.53. The van der Waals surface area contributed by atoms with Crippen molar-refractivity contribution in [2.24, 2.45) is 17.6 Å². The first-order valence-corrected chi connectivity index (χ1v) is 7.92. The summed E-state index contributed by atoms with van der Waals surface area (Å²) in [7, 11) is 0. The van der Waals surface area contributed by atoms with Crippen LogP contribution < -0.4 is 5.73 Å². The number of carbonyl (C=O) groups excluding carboxylic acids is 1. The van der Waals surface area contributed by atoms with Gasteiger partial charge in [0.2, 0.25) is 0 Å². The van der Waals surface area contributed by atoms with Crippen molar-refractivity contribution in [2.45, 2.75) is 58.4 Å². The minimum Gasteiger partial charge on any atom is -0.330 e. The van der Waals surface area contributed by atoms with Gasteiger partial charge in [-0.3, -0.25) is 9.48 Å². The molecule has 2 rings (SSSR count). The number of carbonyl (C=O) groups is 1. The number of aromatic nitrogens is 2. The maximum Gasteiger partial charge on any atom is 0.142 e. The highest BCUT2D eigenvalue weighted by molar-refractivity contribution is 5.83. The lowest BCUT2D eigenvalue weighted by molar-refractivity contribution is -0.124. The third-order valence-corrected chi connectivity index (χ3v) is 4.69. The molecule has 0 saturated heterocycles. The Morgan fingerprint density at radius 1 is 1.50 bits per heavy atom. The first-order chi connectivity index (χ1) is 9.65. The van der Waals surface area contributed by atoms with E-state index in [-0.39, 0.29) is 5.92 Å². The van der Waals surface area contributed by atoms with Crippen LogP contribution in [0.4, 0.5) is 0 Å². The van der Waals surface area contributed by atoms with E-state index < -0.39 is 0 Å². The Morgan fingerprint density at radius 3 is 2.95 bits per heavy atom. The first kappa shape index (κ1) is 15.2. The molecule has 1 aliphatic carbocycles. The van der Waals surface area contributed by atoms with Crippen molar-refractivity contribution in [3.05, 3.63) is 18.0 Å². The minimum atomic E-state index is 0.155. The van der Waals surface area contributed by atoms with E-state index in [0.29, 0.717) is 30.7 Å². The standard InChI is InChI=1S/C16H27N3O/c1-3-12(2)19-9-8-14(18-19)10-16(20)15-7-5-4-6-13(15)11-17/h8-9,12-13,15H,3-7,10-11,17H2,1-2H3. The molecule has 1 aliphatic rings. The van der Waals surface area contributed by atoms with Gasteiger partial charge in [0.1, 0.15) is 5.78 Å². The van der Waals surface area contributed by atoms with Crippen LogP contribution in [0.25, 0.3) is 0 Å². The van der Waals surface area contributed by atoms with E-state index >= 15 is 0 Å². The minimum absolute atomic E-state index is 0.155. The van der Waals surface area contributed by atoms with Crippen molar-refractivity contribution in [1.29, 1.82) is 0 Å². The highest BCUT2D eigenvalue weighted by atomic mass is 16.1. The molecule has 112 valence electrons. The summed E-state index contributed by atoms with van der Waals surface area (Å²) in [6, 6.07) is 2.37. The van der Waals surface area contributed by atoms with Crippen molar-refractivity contribution in [1.82, 2.24) is 9.78 Å². The van der Waals surface area contributed by atoms with Gasteiger partial charge in [0.05, 0.1) is 12.1 Å². The second-order valence-corrected chi connectivity index (χ2v) is 6.07. The molecule has 1 fully saturated rings. The van der Waals surface area contributed by atoms with Crippen LogP contribution in [-0.2, 0) is 11.2 Å². The predicted octanol–water partition coefficient (Wildman–Crippen LogP) is 2.73. The second-order valence-electron chi connectivity index (χ2n) is 6.07. The predicted molar refractivity (Wildman–Crippen MR) is 80.4 cm³/mol. The van der Waals surface area contributed by atoms with Crippen LogP contribution in [0.2, 0.25) is 0 Å². The van der Waals surface area contributed by atoms with Crippen LogP contribution >= 0.6 is 0 Å². The van der Waals surface area contributed by atoms with Crippen molar-refractivity contribution >= 4 is 5.78 Å². The zero-order valence-electron chi connectivity index (χ0n) is 12.7. The van der Waals surface area contributed by atoms with E-state index in [1.165, 1.54) is 6.42 Å². The molecule has 0 aromatic carbocycles. The Morgan fingerprint density at radius 2 is 2.25 bits per heavy atom. The first-order valence-electron chi connectivity index (χ1n) is 7.92. The highest BCUT2D eigenvalue weighted by Gasteiger charge is 2.29. The van der Waals surface area contributed by atoms with Gasteiger partial charge in [-0.1, -0.05) is 19.8 Å². The molecule has 1 aromatic heterocycles. The van der Waals surface area contributed by atoms with E-state index in [4.69, 9.17) is 5.73 Å². The number of ketones is 1. The van der Waals surface area contributed by atoms with Gasteiger partial charge in [-0.25, -0.2) is 0 Å². The van der Waals surface area contributed by atoms with Crippen LogP contribution in [-0.4, -0.2) is 22.1 Å². The summed E-state index contributed by atoms with van der Waals surface area (Å²) < 4.78 is 1.96. The summed E-state index contributed by atoms with van der Waals surface area (Å²) in [4.78, 5) is 12.5. The van der Waals surface area contributed by atoms with Gasteiger partial charge in [0, 0.05) is 18.2 Å². The molecule has 20 heavy (non-hydrogen) atoms. The van der Waals surface area contributed by atoms with Crippen LogP contribution in [0.5, 0.6) is 0 Å². The third-order valence-electron chi connectivity index (χ3n) is 4.69. The molecule has 0 bridgehead atoms. The summed E-state index contributed by atoms with van der Waals surface area (Å²) in [5.41, 5.74) is 6.71. The van der Waals surface area contributed by atoms with Crippen molar-refractivity contribution < 1.29 is 4.79 Å². The Balaban J connectivity index is 1.98. The van der Waals surface area contributed by atoms with Gasteiger partial charge in [0.25, 0.3) is 0 Å². The topological polar surface area (TPSA) is 60.9 Å². The molecule has 0 spiro atoms. The average molecular weight is 277 g/mol. The van der Waals surface area contributed by atoms with Gasteiger partial charge in [-0.15, -0.1) is 0 Å². The number of nitrogens with zero attached hydrogens (tertiary/aromatic N) is 2. The Kier molecular flexibility index (Phi) is 5.35. The van der Waals surface area contributed by atoms with E-state index in [2.05, 4.69) is 18.9 Å². The average Bonchev–Trinajstić information content (AvgIpc) is 2.94. The van der Waals surface area contributed by atoms with Crippen LogP contribution in [0.15, 0.2) is 12.3 Å². The van der Waals surface area contributed by atoms with E-state index in [1.807, 2.05) is 16.9 Å². The summed E-state index contributed by atoms with van der Waals surface area (Å²) in [6.45, 7) is 4.92. The van der Waals surface area contributed by atoms with Crippen LogP contribution in [0.3, 0.4) is 0 Å². The largest absolute Gasteiger partial charge is 0.330 e. The number of nitrogens with two attached hydrogens (primary N) is 1. The fourth-order valence-electron chi connectivity index (χ4n) is 3.13. The molecule has 3 unspecified atom stereocenters. The molecule has 0 radical (unpaired) electrons. The molecule has 3 atom stereocenters. The molecule has 1 saturated carbocycles. The number of Topliss-reactive ketones (excluding diaryl/α,β-unsaturated/α-hetero) is 1. The normalized spacial score (nSPS) is 24.6. The molecular weight excluding hydrogens is 250 g/mol. The monoisotopic (exact) mass is 277 g/mol. The summed E-state index contributed by atoms with van der Waals surface area (Å²) in [6.07, 6.45) is 7.99.